The number of rotatable bonds is 7. The number of hydrogen-bond donors (Lipinski definition) is 1. The molecule has 2 unspecified atom stereocenters. The van der Waals surface area contributed by atoms with Crippen LogP contribution in [0.2, 0.25) is 0 Å². The Hall–Kier alpha value is -1.75. The molecule has 5 nitrogen and oxygen atoms in total. The molecule has 0 aliphatic carbocycles. The Kier molecular flexibility index (Phi) is 5.82. The molecular formula is C15H23NO4. The van der Waals surface area contributed by atoms with Gasteiger partial charge in [-0.25, -0.2) is 0 Å². The molecule has 0 bridgehead atoms. The first-order chi connectivity index (χ1) is 9.40. The van der Waals surface area contributed by atoms with Gasteiger partial charge in [-0.3, -0.25) is 9.69 Å². The van der Waals surface area contributed by atoms with E-state index < -0.39 is 11.9 Å². The first kappa shape index (κ1) is 16.3. The number of benzene rings is 1. The maximum absolute atomic E-state index is 10.9. The standard InChI is InChI=1S/C15H23NO4/c1-10(15(17)18)9-16(3)11(2)13-8-12(19-4)6-7-14(13)20-5/h6-8,10-11H,9H2,1-5H3,(H,17,18). The van der Waals surface area contributed by atoms with Gasteiger partial charge >= 0.3 is 5.97 Å². The third-order valence-electron chi connectivity index (χ3n) is 3.53. The van der Waals surface area contributed by atoms with Crippen molar-refractivity contribution < 1.29 is 19.4 Å². The van der Waals surface area contributed by atoms with Crippen LogP contribution in [0.5, 0.6) is 11.5 Å². The first-order valence-corrected chi connectivity index (χ1v) is 6.55. The van der Waals surface area contributed by atoms with Gasteiger partial charge in [0.2, 0.25) is 0 Å². The molecule has 112 valence electrons. The van der Waals surface area contributed by atoms with E-state index in [-0.39, 0.29) is 6.04 Å². The van der Waals surface area contributed by atoms with Crippen molar-refractivity contribution in [3.05, 3.63) is 23.8 Å². The number of carboxylic acids is 1. The number of carbonyl (C=O) groups is 1. The van der Waals surface area contributed by atoms with E-state index in [0.717, 1.165) is 17.1 Å². The molecule has 2 atom stereocenters. The normalized spacial score (nSPS) is 13.9. The van der Waals surface area contributed by atoms with E-state index in [2.05, 4.69) is 0 Å². The summed E-state index contributed by atoms with van der Waals surface area (Å²) in [5.41, 5.74) is 0.979. The highest BCUT2D eigenvalue weighted by Gasteiger charge is 2.21. The molecule has 0 spiro atoms. The van der Waals surface area contributed by atoms with Crippen molar-refractivity contribution >= 4 is 5.97 Å². The molecule has 0 radical (unpaired) electrons. The van der Waals surface area contributed by atoms with Gasteiger partial charge in [-0.05, 0) is 32.2 Å². The number of nitrogens with zero attached hydrogens (tertiary/aromatic N) is 1. The minimum atomic E-state index is -0.790. The summed E-state index contributed by atoms with van der Waals surface area (Å²) in [5, 5.41) is 8.99. The predicted molar refractivity (Wildman–Crippen MR) is 77.4 cm³/mol. The number of hydrogen-bond acceptors (Lipinski definition) is 4. The second kappa shape index (κ2) is 7.14. The van der Waals surface area contributed by atoms with Gasteiger partial charge in [-0.15, -0.1) is 0 Å². The van der Waals surface area contributed by atoms with Crippen LogP contribution in [-0.4, -0.2) is 43.8 Å². The fourth-order valence-electron chi connectivity index (χ4n) is 2.07. The maximum Gasteiger partial charge on any atom is 0.307 e. The van der Waals surface area contributed by atoms with Crippen molar-refractivity contribution in [1.82, 2.24) is 4.90 Å². The second-order valence-corrected chi connectivity index (χ2v) is 4.96. The van der Waals surface area contributed by atoms with Crippen LogP contribution >= 0.6 is 0 Å². The Morgan fingerprint density at radius 1 is 1.30 bits per heavy atom. The van der Waals surface area contributed by atoms with Gasteiger partial charge in [0.1, 0.15) is 11.5 Å². The van der Waals surface area contributed by atoms with Gasteiger partial charge in [-0.2, -0.15) is 0 Å². The lowest BCUT2D eigenvalue weighted by Gasteiger charge is -2.28. The van der Waals surface area contributed by atoms with E-state index in [1.165, 1.54) is 0 Å². The molecule has 1 aromatic rings. The number of ether oxygens (including phenoxy) is 2. The van der Waals surface area contributed by atoms with Crippen molar-refractivity contribution in [2.75, 3.05) is 27.8 Å². The number of methoxy groups -OCH3 is 2. The SMILES string of the molecule is COc1ccc(OC)c(C(C)N(C)CC(C)C(=O)O)c1. The summed E-state index contributed by atoms with van der Waals surface area (Å²) >= 11 is 0. The molecule has 0 saturated carbocycles. The van der Waals surface area contributed by atoms with Crippen molar-refractivity contribution in [1.29, 1.82) is 0 Å². The highest BCUT2D eigenvalue weighted by molar-refractivity contribution is 5.69. The lowest BCUT2D eigenvalue weighted by Crippen LogP contribution is -2.31. The van der Waals surface area contributed by atoms with Crippen LogP contribution in [0.4, 0.5) is 0 Å². The molecule has 1 aromatic carbocycles. The zero-order chi connectivity index (χ0) is 15.3. The fraction of sp³-hybridized carbons (Fsp3) is 0.533. The second-order valence-electron chi connectivity index (χ2n) is 4.96. The molecule has 5 heteroatoms. The van der Waals surface area contributed by atoms with Crippen LogP contribution in [0, 0.1) is 5.92 Å². The third-order valence-corrected chi connectivity index (χ3v) is 3.53. The summed E-state index contributed by atoms with van der Waals surface area (Å²) < 4.78 is 10.6. The molecule has 0 amide bonds. The Balaban J connectivity index is 2.94. The van der Waals surface area contributed by atoms with Crippen molar-refractivity contribution in [3.63, 3.8) is 0 Å². The van der Waals surface area contributed by atoms with Crippen LogP contribution in [0.15, 0.2) is 18.2 Å². The molecule has 0 aliphatic rings. The van der Waals surface area contributed by atoms with E-state index in [9.17, 15) is 4.79 Å². The molecule has 0 fully saturated rings. The summed E-state index contributed by atoms with van der Waals surface area (Å²) in [4.78, 5) is 12.9. The largest absolute Gasteiger partial charge is 0.497 e. The van der Waals surface area contributed by atoms with E-state index in [1.807, 2.05) is 37.1 Å². The molecule has 0 saturated heterocycles. The van der Waals surface area contributed by atoms with Gasteiger partial charge in [0.25, 0.3) is 0 Å². The van der Waals surface area contributed by atoms with E-state index in [4.69, 9.17) is 14.6 Å². The molecule has 1 rings (SSSR count). The smallest absolute Gasteiger partial charge is 0.307 e. The summed E-state index contributed by atoms with van der Waals surface area (Å²) in [6.45, 7) is 4.19. The minimum Gasteiger partial charge on any atom is -0.497 e. The van der Waals surface area contributed by atoms with Crippen molar-refractivity contribution in [2.24, 2.45) is 5.92 Å². The van der Waals surface area contributed by atoms with Gasteiger partial charge in [0, 0.05) is 18.2 Å². The minimum absolute atomic E-state index is 0.0295. The Labute approximate surface area is 120 Å². The third kappa shape index (κ3) is 3.87. The molecule has 0 aromatic heterocycles. The Morgan fingerprint density at radius 2 is 1.95 bits per heavy atom. The van der Waals surface area contributed by atoms with E-state index in [0.29, 0.717) is 6.54 Å². The molecule has 20 heavy (non-hydrogen) atoms. The lowest BCUT2D eigenvalue weighted by atomic mass is 10.0. The highest BCUT2D eigenvalue weighted by Crippen LogP contribution is 2.32. The molecule has 0 aliphatic heterocycles. The van der Waals surface area contributed by atoms with E-state index in [1.54, 1.807) is 21.1 Å². The Bertz CT molecular complexity index is 461. The molecule has 1 N–H and O–H groups in total. The van der Waals surface area contributed by atoms with Gasteiger partial charge < -0.3 is 14.6 Å². The van der Waals surface area contributed by atoms with Crippen LogP contribution in [0.3, 0.4) is 0 Å². The predicted octanol–water partition coefficient (Wildman–Crippen LogP) is 2.42. The average molecular weight is 281 g/mol. The van der Waals surface area contributed by atoms with Crippen molar-refractivity contribution in [2.45, 2.75) is 19.9 Å². The maximum atomic E-state index is 10.9. The Morgan fingerprint density at radius 3 is 2.45 bits per heavy atom. The van der Waals surface area contributed by atoms with E-state index >= 15 is 0 Å². The highest BCUT2D eigenvalue weighted by atomic mass is 16.5. The number of aliphatic carboxylic acids is 1. The summed E-state index contributed by atoms with van der Waals surface area (Å²) in [7, 11) is 5.15. The van der Waals surface area contributed by atoms with Crippen LogP contribution < -0.4 is 9.47 Å². The number of carboxylic acid groups (broad SMARTS) is 1. The average Bonchev–Trinajstić information content (AvgIpc) is 2.45. The lowest BCUT2D eigenvalue weighted by molar-refractivity contribution is -0.141. The quantitative estimate of drug-likeness (QED) is 0.831. The summed E-state index contributed by atoms with van der Waals surface area (Å²) in [6, 6.07) is 5.65. The zero-order valence-corrected chi connectivity index (χ0v) is 12.7. The fourth-order valence-corrected chi connectivity index (χ4v) is 2.07. The van der Waals surface area contributed by atoms with Crippen LogP contribution in [-0.2, 0) is 4.79 Å². The van der Waals surface area contributed by atoms with Crippen LogP contribution in [0.25, 0.3) is 0 Å². The summed E-state index contributed by atoms with van der Waals surface area (Å²) in [5.74, 6) is 0.321. The zero-order valence-electron chi connectivity index (χ0n) is 12.7. The van der Waals surface area contributed by atoms with Gasteiger partial charge in [0.05, 0.1) is 20.1 Å². The monoisotopic (exact) mass is 281 g/mol. The molecular weight excluding hydrogens is 258 g/mol. The first-order valence-electron chi connectivity index (χ1n) is 6.55. The van der Waals surface area contributed by atoms with Gasteiger partial charge in [-0.1, -0.05) is 6.92 Å². The summed E-state index contributed by atoms with van der Waals surface area (Å²) in [6.07, 6.45) is 0. The topological polar surface area (TPSA) is 59.0 Å². The van der Waals surface area contributed by atoms with Crippen LogP contribution in [0.1, 0.15) is 25.5 Å². The molecule has 0 heterocycles. The van der Waals surface area contributed by atoms with Gasteiger partial charge in [0.15, 0.2) is 0 Å². The van der Waals surface area contributed by atoms with Crippen molar-refractivity contribution in [3.8, 4) is 11.5 Å².